The number of esters is 1. The molecule has 0 radical (unpaired) electrons. The molecule has 0 N–H and O–H groups in total. The monoisotopic (exact) mass is 250 g/mol. The van der Waals surface area contributed by atoms with Gasteiger partial charge in [-0.1, -0.05) is 6.07 Å². The van der Waals surface area contributed by atoms with Crippen molar-refractivity contribution in [3.05, 3.63) is 23.8 Å². The maximum Gasteiger partial charge on any atom is 0.309 e. The Morgan fingerprint density at radius 3 is 2.61 bits per heavy atom. The molecule has 0 spiro atoms. The smallest absolute Gasteiger partial charge is 0.309 e. The molecule has 0 amide bonds. The average molecular weight is 250 g/mol. The fraction of sp³-hybridized carbons (Fsp3) is 0.500. The van der Waals surface area contributed by atoms with Crippen LogP contribution in [0.5, 0.6) is 11.5 Å². The molecule has 1 aliphatic rings. The molecule has 0 aliphatic heterocycles. The van der Waals surface area contributed by atoms with Gasteiger partial charge in [0.1, 0.15) is 0 Å². The highest BCUT2D eigenvalue weighted by molar-refractivity contribution is 5.77. The molecule has 4 heteroatoms. The van der Waals surface area contributed by atoms with Gasteiger partial charge >= 0.3 is 5.97 Å². The van der Waals surface area contributed by atoms with E-state index in [2.05, 4.69) is 0 Å². The van der Waals surface area contributed by atoms with Crippen LogP contribution in [0.25, 0.3) is 0 Å². The zero-order chi connectivity index (χ0) is 13.1. The van der Waals surface area contributed by atoms with E-state index in [1.54, 1.807) is 14.2 Å². The van der Waals surface area contributed by atoms with Crippen LogP contribution >= 0.6 is 0 Å². The van der Waals surface area contributed by atoms with Crippen LogP contribution in [0.2, 0.25) is 0 Å². The molecule has 0 aromatic heterocycles. The lowest BCUT2D eigenvalue weighted by Crippen LogP contribution is -2.07. The number of rotatable bonds is 5. The highest BCUT2D eigenvalue weighted by atomic mass is 16.5. The van der Waals surface area contributed by atoms with Gasteiger partial charge in [-0.25, -0.2) is 0 Å². The van der Waals surface area contributed by atoms with Crippen molar-refractivity contribution in [2.24, 2.45) is 5.92 Å². The molecule has 0 unspecified atom stereocenters. The van der Waals surface area contributed by atoms with Crippen LogP contribution in [-0.2, 0) is 9.53 Å². The van der Waals surface area contributed by atoms with Crippen molar-refractivity contribution < 1.29 is 19.0 Å². The predicted octanol–water partition coefficient (Wildman–Crippen LogP) is 2.37. The van der Waals surface area contributed by atoms with Crippen molar-refractivity contribution >= 4 is 5.97 Å². The summed E-state index contributed by atoms with van der Waals surface area (Å²) >= 11 is 0. The molecule has 18 heavy (non-hydrogen) atoms. The number of carbonyl (C=O) groups excluding carboxylic acids is 1. The Bertz CT molecular complexity index is 441. The summed E-state index contributed by atoms with van der Waals surface area (Å²) in [5.74, 6) is 1.56. The lowest BCUT2D eigenvalue weighted by molar-refractivity contribution is -0.144. The van der Waals surface area contributed by atoms with Gasteiger partial charge in [0, 0.05) is 0 Å². The Kier molecular flexibility index (Phi) is 3.75. The van der Waals surface area contributed by atoms with Crippen LogP contribution < -0.4 is 9.47 Å². The van der Waals surface area contributed by atoms with Crippen molar-refractivity contribution in [1.29, 1.82) is 0 Å². The molecule has 0 saturated heterocycles. The van der Waals surface area contributed by atoms with Gasteiger partial charge in [-0.3, -0.25) is 4.79 Å². The Morgan fingerprint density at radius 2 is 2.00 bits per heavy atom. The lowest BCUT2D eigenvalue weighted by atomic mass is 10.1. The first-order valence-electron chi connectivity index (χ1n) is 6.09. The minimum atomic E-state index is -0.0997. The van der Waals surface area contributed by atoms with E-state index in [0.717, 1.165) is 12.0 Å². The largest absolute Gasteiger partial charge is 0.493 e. The Morgan fingerprint density at radius 1 is 1.28 bits per heavy atom. The van der Waals surface area contributed by atoms with E-state index < -0.39 is 0 Å². The topological polar surface area (TPSA) is 44.8 Å². The van der Waals surface area contributed by atoms with Gasteiger partial charge < -0.3 is 14.2 Å². The first kappa shape index (κ1) is 12.7. The lowest BCUT2D eigenvalue weighted by Gasteiger charge is -2.09. The first-order valence-corrected chi connectivity index (χ1v) is 6.09. The van der Waals surface area contributed by atoms with Crippen molar-refractivity contribution in [3.8, 4) is 11.5 Å². The molecule has 0 heterocycles. The van der Waals surface area contributed by atoms with Crippen molar-refractivity contribution in [2.45, 2.75) is 19.3 Å². The van der Waals surface area contributed by atoms with E-state index in [-0.39, 0.29) is 17.8 Å². The van der Waals surface area contributed by atoms with Crippen molar-refractivity contribution in [2.75, 3.05) is 20.8 Å². The fourth-order valence-corrected chi connectivity index (χ4v) is 2.16. The molecule has 1 aliphatic carbocycles. The van der Waals surface area contributed by atoms with Crippen LogP contribution in [-0.4, -0.2) is 26.8 Å². The SMILES string of the molecule is CCOC(=O)[C@@H]1C[C@H]1c1ccc(OC)c(OC)c1. The summed E-state index contributed by atoms with van der Waals surface area (Å²) in [7, 11) is 3.22. The zero-order valence-corrected chi connectivity index (χ0v) is 10.9. The summed E-state index contributed by atoms with van der Waals surface area (Å²) in [4.78, 5) is 11.6. The molecule has 1 aromatic carbocycles. The van der Waals surface area contributed by atoms with Crippen molar-refractivity contribution in [1.82, 2.24) is 0 Å². The maximum absolute atomic E-state index is 11.6. The summed E-state index contributed by atoms with van der Waals surface area (Å²) in [5.41, 5.74) is 1.10. The van der Waals surface area contributed by atoms with E-state index in [1.165, 1.54) is 0 Å². The van der Waals surface area contributed by atoms with Crippen molar-refractivity contribution in [3.63, 3.8) is 0 Å². The summed E-state index contributed by atoms with van der Waals surface area (Å²) in [6.07, 6.45) is 0.855. The average Bonchev–Trinajstić information content (AvgIpc) is 3.18. The molecule has 2 atom stereocenters. The molecular formula is C14H18O4. The van der Waals surface area contributed by atoms with E-state index in [1.807, 2.05) is 25.1 Å². The number of methoxy groups -OCH3 is 2. The molecular weight excluding hydrogens is 232 g/mol. The Balaban J connectivity index is 2.10. The Labute approximate surface area is 107 Å². The van der Waals surface area contributed by atoms with E-state index in [0.29, 0.717) is 18.1 Å². The third-order valence-corrected chi connectivity index (χ3v) is 3.22. The third-order valence-electron chi connectivity index (χ3n) is 3.22. The van der Waals surface area contributed by atoms with Gasteiger partial charge in [-0.15, -0.1) is 0 Å². The van der Waals surface area contributed by atoms with E-state index >= 15 is 0 Å². The van der Waals surface area contributed by atoms with Crippen LogP contribution in [0.1, 0.15) is 24.8 Å². The molecule has 4 nitrogen and oxygen atoms in total. The van der Waals surface area contributed by atoms with Gasteiger partial charge in [0.25, 0.3) is 0 Å². The summed E-state index contributed by atoms with van der Waals surface area (Å²) < 4.78 is 15.5. The second-order valence-electron chi connectivity index (χ2n) is 4.32. The van der Waals surface area contributed by atoms with Crippen LogP contribution in [0.4, 0.5) is 0 Å². The predicted molar refractivity (Wildman–Crippen MR) is 67.0 cm³/mol. The minimum Gasteiger partial charge on any atom is -0.493 e. The van der Waals surface area contributed by atoms with Gasteiger partial charge in [-0.2, -0.15) is 0 Å². The summed E-state index contributed by atoms with van der Waals surface area (Å²) in [6.45, 7) is 2.26. The third kappa shape index (κ3) is 2.42. The van der Waals surface area contributed by atoms with Crippen LogP contribution in [0.3, 0.4) is 0 Å². The molecule has 1 saturated carbocycles. The number of ether oxygens (including phenoxy) is 3. The van der Waals surface area contributed by atoms with Gasteiger partial charge in [-0.05, 0) is 37.0 Å². The summed E-state index contributed by atoms with van der Waals surface area (Å²) in [5, 5.41) is 0. The molecule has 0 bridgehead atoms. The number of benzene rings is 1. The first-order chi connectivity index (χ1) is 8.71. The van der Waals surface area contributed by atoms with E-state index in [4.69, 9.17) is 14.2 Å². The number of hydrogen-bond acceptors (Lipinski definition) is 4. The summed E-state index contributed by atoms with van der Waals surface area (Å²) in [6, 6.07) is 5.78. The van der Waals surface area contributed by atoms with Gasteiger partial charge in [0.2, 0.25) is 0 Å². The standard InChI is InChI=1S/C14H18O4/c1-4-18-14(15)11-8-10(11)9-5-6-12(16-2)13(7-9)17-3/h5-7,10-11H,4,8H2,1-3H3/t10-,11+/m0/s1. The van der Waals surface area contributed by atoms with Crippen LogP contribution in [0, 0.1) is 5.92 Å². The second-order valence-corrected chi connectivity index (χ2v) is 4.32. The quantitative estimate of drug-likeness (QED) is 0.753. The van der Waals surface area contributed by atoms with Gasteiger partial charge in [0.05, 0.1) is 26.7 Å². The highest BCUT2D eigenvalue weighted by Gasteiger charge is 2.45. The fourth-order valence-electron chi connectivity index (χ4n) is 2.16. The minimum absolute atomic E-state index is 0.00283. The number of carbonyl (C=O) groups is 1. The molecule has 2 rings (SSSR count). The zero-order valence-electron chi connectivity index (χ0n) is 10.9. The molecule has 1 aromatic rings. The normalized spacial score (nSPS) is 21.3. The second kappa shape index (κ2) is 5.29. The Hall–Kier alpha value is -1.71. The molecule has 98 valence electrons. The highest BCUT2D eigenvalue weighted by Crippen LogP contribution is 2.49. The van der Waals surface area contributed by atoms with Gasteiger partial charge in [0.15, 0.2) is 11.5 Å². The molecule has 1 fully saturated rings. The van der Waals surface area contributed by atoms with Crippen LogP contribution in [0.15, 0.2) is 18.2 Å². The van der Waals surface area contributed by atoms with E-state index in [9.17, 15) is 4.79 Å². The maximum atomic E-state index is 11.6. The number of hydrogen-bond donors (Lipinski definition) is 0.